The van der Waals surface area contributed by atoms with Crippen molar-refractivity contribution in [1.29, 1.82) is 0 Å². The molecule has 72 valence electrons. The van der Waals surface area contributed by atoms with E-state index in [1.54, 1.807) is 0 Å². The highest BCUT2D eigenvalue weighted by molar-refractivity contribution is 5.44. The first-order valence-corrected chi connectivity index (χ1v) is 5.17. The smallest absolute Gasteiger partial charge is 0.00287 e. The molecule has 0 amide bonds. The third-order valence-electron chi connectivity index (χ3n) is 2.02. The second-order valence-electron chi connectivity index (χ2n) is 4.48. The summed E-state index contributed by atoms with van der Waals surface area (Å²) in [6.07, 6.45) is 10.3. The molecule has 0 unspecified atom stereocenters. The Kier molecular flexibility index (Phi) is 3.53. The van der Waals surface area contributed by atoms with E-state index in [2.05, 4.69) is 52.0 Å². The highest BCUT2D eigenvalue weighted by Crippen LogP contribution is 2.27. The molecule has 0 aromatic heterocycles. The van der Waals surface area contributed by atoms with Crippen LogP contribution in [0.1, 0.15) is 34.1 Å². The maximum Gasteiger partial charge on any atom is -0.00287 e. The summed E-state index contributed by atoms with van der Waals surface area (Å²) in [4.78, 5) is 0. The van der Waals surface area contributed by atoms with Crippen molar-refractivity contribution in [2.45, 2.75) is 34.1 Å². The summed E-state index contributed by atoms with van der Waals surface area (Å²) in [6, 6.07) is 0. The van der Waals surface area contributed by atoms with Crippen LogP contribution in [0.25, 0.3) is 0 Å². The van der Waals surface area contributed by atoms with E-state index in [-0.39, 0.29) is 0 Å². The summed E-state index contributed by atoms with van der Waals surface area (Å²) in [5, 5.41) is 0. The molecular weight excluding hydrogens is 156 g/mol. The first-order valence-electron chi connectivity index (χ1n) is 5.17. The maximum absolute atomic E-state index is 2.34. The number of rotatable bonds is 3. The van der Waals surface area contributed by atoms with Crippen LogP contribution in [0, 0.1) is 11.8 Å². The van der Waals surface area contributed by atoms with Gasteiger partial charge in [-0.05, 0) is 29.4 Å². The minimum atomic E-state index is 0.666. The molecular formula is C13H20. The molecule has 0 heteroatoms. The standard InChI is InChI=1S/C13H20/c1-10(2)5-6-12-8-13(9-12)7-11(3)4/h5-8,10-11H,9H2,1-4H3/b6-5+,13-7+. The van der Waals surface area contributed by atoms with Crippen molar-refractivity contribution >= 4 is 0 Å². The van der Waals surface area contributed by atoms with Gasteiger partial charge in [0, 0.05) is 0 Å². The molecule has 0 radical (unpaired) electrons. The normalized spacial score (nSPS) is 20.2. The van der Waals surface area contributed by atoms with E-state index in [0.29, 0.717) is 11.8 Å². The molecule has 0 heterocycles. The lowest BCUT2D eigenvalue weighted by Gasteiger charge is -2.16. The molecule has 0 spiro atoms. The maximum atomic E-state index is 2.34. The molecule has 1 aliphatic rings. The van der Waals surface area contributed by atoms with E-state index in [1.807, 2.05) is 0 Å². The lowest BCUT2D eigenvalue weighted by molar-refractivity contribution is 0.812. The number of hydrogen-bond donors (Lipinski definition) is 0. The van der Waals surface area contributed by atoms with Gasteiger partial charge >= 0.3 is 0 Å². The lowest BCUT2D eigenvalue weighted by atomic mass is 9.89. The molecule has 0 saturated heterocycles. The Bertz CT molecular complexity index is 249. The first kappa shape index (κ1) is 10.3. The van der Waals surface area contributed by atoms with Crippen molar-refractivity contribution in [3.8, 4) is 0 Å². The van der Waals surface area contributed by atoms with Crippen molar-refractivity contribution in [1.82, 2.24) is 0 Å². The second-order valence-corrected chi connectivity index (χ2v) is 4.48. The Hall–Kier alpha value is -0.780. The van der Waals surface area contributed by atoms with Gasteiger partial charge in [-0.25, -0.2) is 0 Å². The van der Waals surface area contributed by atoms with Crippen LogP contribution in [-0.4, -0.2) is 0 Å². The van der Waals surface area contributed by atoms with E-state index >= 15 is 0 Å². The lowest BCUT2D eigenvalue weighted by Crippen LogP contribution is -1.98. The summed E-state index contributed by atoms with van der Waals surface area (Å²) in [5.74, 6) is 1.35. The van der Waals surface area contributed by atoms with Crippen LogP contribution in [0.3, 0.4) is 0 Å². The third kappa shape index (κ3) is 3.63. The van der Waals surface area contributed by atoms with Gasteiger partial charge in [0.2, 0.25) is 0 Å². The molecule has 0 atom stereocenters. The van der Waals surface area contributed by atoms with Crippen LogP contribution >= 0.6 is 0 Å². The van der Waals surface area contributed by atoms with Gasteiger partial charge < -0.3 is 0 Å². The molecule has 0 saturated carbocycles. The summed E-state index contributed by atoms with van der Waals surface area (Å²) in [6.45, 7) is 8.87. The predicted octanol–water partition coefficient (Wildman–Crippen LogP) is 4.11. The molecule has 1 aliphatic carbocycles. The van der Waals surface area contributed by atoms with Gasteiger partial charge in [0.25, 0.3) is 0 Å². The highest BCUT2D eigenvalue weighted by Gasteiger charge is 2.08. The fraction of sp³-hybridized carbons (Fsp3) is 0.538. The fourth-order valence-corrected chi connectivity index (χ4v) is 1.40. The molecule has 0 aromatic rings. The van der Waals surface area contributed by atoms with Gasteiger partial charge in [-0.3, -0.25) is 0 Å². The molecule has 0 N–H and O–H groups in total. The van der Waals surface area contributed by atoms with Crippen LogP contribution in [0.5, 0.6) is 0 Å². The van der Waals surface area contributed by atoms with Crippen LogP contribution in [0.2, 0.25) is 0 Å². The number of hydrogen-bond acceptors (Lipinski definition) is 0. The zero-order chi connectivity index (χ0) is 9.84. The Balaban J connectivity index is 2.45. The van der Waals surface area contributed by atoms with Gasteiger partial charge in [-0.2, -0.15) is 0 Å². The molecule has 0 aromatic carbocycles. The zero-order valence-electron chi connectivity index (χ0n) is 9.17. The van der Waals surface area contributed by atoms with Crippen molar-refractivity contribution in [2.75, 3.05) is 0 Å². The van der Waals surface area contributed by atoms with Gasteiger partial charge in [0.05, 0.1) is 0 Å². The summed E-state index contributed by atoms with van der Waals surface area (Å²) in [5.41, 5.74) is 2.97. The van der Waals surface area contributed by atoms with E-state index < -0.39 is 0 Å². The Labute approximate surface area is 82.0 Å². The van der Waals surface area contributed by atoms with Gasteiger partial charge in [0.15, 0.2) is 0 Å². The summed E-state index contributed by atoms with van der Waals surface area (Å²) < 4.78 is 0. The average molecular weight is 176 g/mol. The third-order valence-corrected chi connectivity index (χ3v) is 2.02. The second kappa shape index (κ2) is 4.45. The van der Waals surface area contributed by atoms with Crippen LogP contribution in [-0.2, 0) is 0 Å². The van der Waals surface area contributed by atoms with Crippen LogP contribution in [0.4, 0.5) is 0 Å². The summed E-state index contributed by atoms with van der Waals surface area (Å²) >= 11 is 0. The van der Waals surface area contributed by atoms with E-state index in [9.17, 15) is 0 Å². The van der Waals surface area contributed by atoms with E-state index in [1.165, 1.54) is 17.6 Å². The van der Waals surface area contributed by atoms with Crippen molar-refractivity contribution in [2.24, 2.45) is 11.8 Å². The van der Waals surface area contributed by atoms with Gasteiger partial charge in [0.1, 0.15) is 0 Å². The van der Waals surface area contributed by atoms with Crippen molar-refractivity contribution < 1.29 is 0 Å². The monoisotopic (exact) mass is 176 g/mol. The van der Waals surface area contributed by atoms with Crippen LogP contribution in [0.15, 0.2) is 35.5 Å². The highest BCUT2D eigenvalue weighted by atomic mass is 14.1. The molecule has 13 heavy (non-hydrogen) atoms. The minimum Gasteiger partial charge on any atom is -0.0817 e. The van der Waals surface area contributed by atoms with Gasteiger partial charge in [-0.15, -0.1) is 0 Å². The Morgan fingerprint density at radius 3 is 2.23 bits per heavy atom. The Morgan fingerprint density at radius 1 is 1.15 bits per heavy atom. The molecule has 0 nitrogen and oxygen atoms in total. The molecule has 1 rings (SSSR count). The predicted molar refractivity (Wildman–Crippen MR) is 59.6 cm³/mol. The average Bonchev–Trinajstić information content (AvgIpc) is 1.92. The molecule has 0 aliphatic heterocycles. The largest absolute Gasteiger partial charge is 0.0817 e. The number of allylic oxidation sites excluding steroid dienone is 6. The quantitative estimate of drug-likeness (QED) is 0.607. The molecule has 0 fully saturated rings. The van der Waals surface area contributed by atoms with Crippen molar-refractivity contribution in [3.05, 3.63) is 35.5 Å². The first-order chi connectivity index (χ1) is 6.08. The van der Waals surface area contributed by atoms with E-state index in [0.717, 1.165) is 0 Å². The topological polar surface area (TPSA) is 0 Å². The Morgan fingerprint density at radius 2 is 1.77 bits per heavy atom. The van der Waals surface area contributed by atoms with E-state index in [4.69, 9.17) is 0 Å². The summed E-state index contributed by atoms with van der Waals surface area (Å²) in [7, 11) is 0. The van der Waals surface area contributed by atoms with Gasteiger partial charge in [-0.1, -0.05) is 52.0 Å². The molecule has 0 bridgehead atoms. The minimum absolute atomic E-state index is 0.666. The fourth-order valence-electron chi connectivity index (χ4n) is 1.40. The zero-order valence-corrected chi connectivity index (χ0v) is 9.17. The van der Waals surface area contributed by atoms with Crippen molar-refractivity contribution in [3.63, 3.8) is 0 Å². The van der Waals surface area contributed by atoms with Crippen LogP contribution < -0.4 is 0 Å². The SMILES string of the molecule is CC(C)/C=C1C=C(/C=C/C(C)C)C\1.